The molecule has 0 aliphatic carbocycles. The molecule has 0 bridgehead atoms. The molecule has 2 heterocycles. The van der Waals surface area contributed by atoms with E-state index in [1.165, 1.54) is 11.3 Å². The van der Waals surface area contributed by atoms with Crippen molar-refractivity contribution in [3.8, 4) is 6.07 Å². The van der Waals surface area contributed by atoms with Gasteiger partial charge in [0, 0.05) is 17.6 Å². The third kappa shape index (κ3) is 2.53. The SMILES string of the molecule is Cc1nc2scc(C)n2c1C(C#N)N(C)CCC(=O)O. The Balaban J connectivity index is 2.39. The van der Waals surface area contributed by atoms with Crippen LogP contribution in [0.25, 0.3) is 4.96 Å². The van der Waals surface area contributed by atoms with E-state index in [9.17, 15) is 10.1 Å². The first-order chi connectivity index (χ1) is 9.45. The molecule has 0 radical (unpaired) electrons. The molecule has 2 aromatic rings. The molecule has 106 valence electrons. The van der Waals surface area contributed by atoms with E-state index >= 15 is 0 Å². The van der Waals surface area contributed by atoms with Crippen molar-refractivity contribution >= 4 is 22.3 Å². The highest BCUT2D eigenvalue weighted by atomic mass is 32.1. The zero-order chi connectivity index (χ0) is 14.9. The minimum Gasteiger partial charge on any atom is -0.481 e. The number of nitrogens with zero attached hydrogens (tertiary/aromatic N) is 4. The third-order valence-corrected chi connectivity index (χ3v) is 4.20. The second-order valence-corrected chi connectivity index (χ2v) is 5.57. The number of aryl methyl sites for hydroxylation is 2. The Bertz CT molecular complexity index is 682. The minimum absolute atomic E-state index is 0.0122. The molecule has 0 fully saturated rings. The molecule has 0 aliphatic heterocycles. The van der Waals surface area contributed by atoms with Crippen LogP contribution in [0, 0.1) is 25.2 Å². The van der Waals surface area contributed by atoms with E-state index in [-0.39, 0.29) is 6.42 Å². The molecule has 6 nitrogen and oxygen atoms in total. The molecule has 2 rings (SSSR count). The Morgan fingerprint density at radius 1 is 1.65 bits per heavy atom. The van der Waals surface area contributed by atoms with Crippen LogP contribution in [0.1, 0.15) is 29.5 Å². The van der Waals surface area contributed by atoms with Crippen LogP contribution >= 0.6 is 11.3 Å². The fourth-order valence-corrected chi connectivity index (χ4v) is 3.13. The average Bonchev–Trinajstić information content (AvgIpc) is 2.89. The molecule has 0 aliphatic rings. The van der Waals surface area contributed by atoms with Crippen LogP contribution in [0.4, 0.5) is 0 Å². The van der Waals surface area contributed by atoms with E-state index in [4.69, 9.17) is 5.11 Å². The molecular formula is C13H16N4O2S. The highest BCUT2D eigenvalue weighted by Crippen LogP contribution is 2.27. The molecular weight excluding hydrogens is 276 g/mol. The molecule has 20 heavy (non-hydrogen) atoms. The van der Waals surface area contributed by atoms with E-state index < -0.39 is 12.0 Å². The van der Waals surface area contributed by atoms with Crippen molar-refractivity contribution in [2.24, 2.45) is 0 Å². The molecule has 1 N–H and O–H groups in total. The summed E-state index contributed by atoms with van der Waals surface area (Å²) in [7, 11) is 1.76. The van der Waals surface area contributed by atoms with Gasteiger partial charge in [0.1, 0.15) is 6.04 Å². The Hall–Kier alpha value is -1.91. The summed E-state index contributed by atoms with van der Waals surface area (Å²) in [6.45, 7) is 4.17. The van der Waals surface area contributed by atoms with Crippen LogP contribution < -0.4 is 0 Å². The fraction of sp³-hybridized carbons (Fsp3) is 0.462. The van der Waals surface area contributed by atoms with E-state index in [0.717, 1.165) is 22.0 Å². The van der Waals surface area contributed by atoms with Crippen molar-refractivity contribution in [3.63, 3.8) is 0 Å². The van der Waals surface area contributed by atoms with Crippen LogP contribution in [0.3, 0.4) is 0 Å². The van der Waals surface area contributed by atoms with E-state index in [1.807, 2.05) is 23.6 Å². The molecule has 1 atom stereocenters. The number of rotatable bonds is 5. The minimum atomic E-state index is -0.865. The molecule has 1 unspecified atom stereocenters. The Morgan fingerprint density at radius 3 is 2.95 bits per heavy atom. The van der Waals surface area contributed by atoms with E-state index in [1.54, 1.807) is 11.9 Å². The van der Waals surface area contributed by atoms with E-state index in [2.05, 4.69) is 11.1 Å². The van der Waals surface area contributed by atoms with Crippen molar-refractivity contribution in [1.82, 2.24) is 14.3 Å². The first-order valence-corrected chi connectivity index (χ1v) is 7.08. The predicted molar refractivity (Wildman–Crippen MR) is 75.8 cm³/mol. The Labute approximate surface area is 120 Å². The molecule has 2 aromatic heterocycles. The van der Waals surface area contributed by atoms with Gasteiger partial charge in [-0.05, 0) is 20.9 Å². The zero-order valence-corrected chi connectivity index (χ0v) is 12.4. The first kappa shape index (κ1) is 14.5. The lowest BCUT2D eigenvalue weighted by atomic mass is 10.1. The smallest absolute Gasteiger partial charge is 0.304 e. The monoisotopic (exact) mass is 292 g/mol. The molecule has 0 saturated carbocycles. The van der Waals surface area contributed by atoms with Gasteiger partial charge in [-0.3, -0.25) is 14.1 Å². The lowest BCUT2D eigenvalue weighted by molar-refractivity contribution is -0.137. The van der Waals surface area contributed by atoms with Gasteiger partial charge in [0.05, 0.1) is 23.9 Å². The van der Waals surface area contributed by atoms with Crippen molar-refractivity contribution in [1.29, 1.82) is 5.26 Å². The van der Waals surface area contributed by atoms with Gasteiger partial charge in [-0.2, -0.15) is 5.26 Å². The second kappa shape index (κ2) is 5.61. The summed E-state index contributed by atoms with van der Waals surface area (Å²) in [6.07, 6.45) is 0.0122. The summed E-state index contributed by atoms with van der Waals surface area (Å²) in [6, 6.07) is 1.75. The van der Waals surface area contributed by atoms with Gasteiger partial charge >= 0.3 is 5.97 Å². The number of carboxylic acids is 1. The third-order valence-electron chi connectivity index (χ3n) is 3.25. The van der Waals surface area contributed by atoms with Gasteiger partial charge in [-0.15, -0.1) is 11.3 Å². The maximum Gasteiger partial charge on any atom is 0.304 e. The maximum atomic E-state index is 10.7. The lowest BCUT2D eigenvalue weighted by Gasteiger charge is -2.22. The van der Waals surface area contributed by atoms with Gasteiger partial charge < -0.3 is 5.11 Å². The molecule has 0 aromatic carbocycles. The average molecular weight is 292 g/mol. The number of carboxylic acid groups (broad SMARTS) is 1. The zero-order valence-electron chi connectivity index (χ0n) is 11.6. The van der Waals surface area contributed by atoms with Crippen LogP contribution in [0.5, 0.6) is 0 Å². The number of thiazole rings is 1. The van der Waals surface area contributed by atoms with Gasteiger partial charge in [-0.1, -0.05) is 0 Å². The van der Waals surface area contributed by atoms with Crippen molar-refractivity contribution in [2.75, 3.05) is 13.6 Å². The number of aliphatic carboxylic acids is 1. The predicted octanol–water partition coefficient (Wildman–Crippen LogP) is 1.98. The van der Waals surface area contributed by atoms with Crippen LogP contribution in [-0.4, -0.2) is 39.0 Å². The van der Waals surface area contributed by atoms with Crippen molar-refractivity contribution < 1.29 is 9.90 Å². The highest BCUT2D eigenvalue weighted by Gasteiger charge is 2.25. The molecule has 0 saturated heterocycles. The quantitative estimate of drug-likeness (QED) is 0.911. The number of aromatic nitrogens is 2. The number of fused-ring (bicyclic) bond motifs is 1. The number of hydrogen-bond acceptors (Lipinski definition) is 5. The van der Waals surface area contributed by atoms with Crippen LogP contribution in [-0.2, 0) is 4.79 Å². The maximum absolute atomic E-state index is 10.7. The lowest BCUT2D eigenvalue weighted by Crippen LogP contribution is -2.27. The highest BCUT2D eigenvalue weighted by molar-refractivity contribution is 7.15. The molecule has 0 spiro atoms. The number of carbonyl (C=O) groups is 1. The largest absolute Gasteiger partial charge is 0.481 e. The van der Waals surface area contributed by atoms with Crippen LogP contribution in [0.2, 0.25) is 0 Å². The molecule has 7 heteroatoms. The Morgan fingerprint density at radius 2 is 2.35 bits per heavy atom. The second-order valence-electron chi connectivity index (χ2n) is 4.73. The topological polar surface area (TPSA) is 81.6 Å². The number of hydrogen-bond donors (Lipinski definition) is 1. The first-order valence-electron chi connectivity index (χ1n) is 6.20. The summed E-state index contributed by atoms with van der Waals surface area (Å²) < 4.78 is 1.98. The molecule has 0 amide bonds. The van der Waals surface area contributed by atoms with Gasteiger partial charge in [0.15, 0.2) is 4.96 Å². The standard InChI is InChI=1S/C13H16N4O2S/c1-8-7-20-13-15-9(2)12(17(8)13)10(6-14)16(3)5-4-11(18)19/h7,10H,4-5H2,1-3H3,(H,18,19). The summed E-state index contributed by atoms with van der Waals surface area (Å²) in [5, 5.41) is 20.2. The summed E-state index contributed by atoms with van der Waals surface area (Å²) in [5.41, 5.74) is 2.68. The number of nitriles is 1. The van der Waals surface area contributed by atoms with Gasteiger partial charge in [-0.25, -0.2) is 4.98 Å². The van der Waals surface area contributed by atoms with Crippen molar-refractivity contribution in [2.45, 2.75) is 26.3 Å². The number of imidazole rings is 1. The Kier molecular flexibility index (Phi) is 4.06. The summed E-state index contributed by atoms with van der Waals surface area (Å²) >= 11 is 1.54. The van der Waals surface area contributed by atoms with Crippen LogP contribution in [0.15, 0.2) is 5.38 Å². The summed E-state index contributed by atoms with van der Waals surface area (Å²) in [4.78, 5) is 17.8. The fourth-order valence-electron chi connectivity index (χ4n) is 2.22. The van der Waals surface area contributed by atoms with Gasteiger partial charge in [0.25, 0.3) is 0 Å². The van der Waals surface area contributed by atoms with Gasteiger partial charge in [0.2, 0.25) is 0 Å². The summed E-state index contributed by atoms with van der Waals surface area (Å²) in [5.74, 6) is -0.865. The van der Waals surface area contributed by atoms with Crippen molar-refractivity contribution in [3.05, 3.63) is 22.5 Å². The normalized spacial score (nSPS) is 12.8. The van der Waals surface area contributed by atoms with E-state index in [0.29, 0.717) is 6.54 Å².